The van der Waals surface area contributed by atoms with Gasteiger partial charge in [-0.25, -0.2) is 22.0 Å². The minimum Gasteiger partial charge on any atom is -0.388 e. The molecule has 3 rings (SSSR count). The lowest BCUT2D eigenvalue weighted by atomic mass is 9.94. The molecule has 0 aliphatic rings. The first kappa shape index (κ1) is 22.2. The maximum Gasteiger partial charge on any atom is 0.238 e. The average molecular weight is 446 g/mol. The molecule has 0 fully saturated rings. The summed E-state index contributed by atoms with van der Waals surface area (Å²) < 4.78 is 50.9. The highest BCUT2D eigenvalue weighted by Crippen LogP contribution is 2.34. The van der Waals surface area contributed by atoms with Crippen LogP contribution in [0, 0.1) is 13.8 Å². The lowest BCUT2D eigenvalue weighted by Crippen LogP contribution is -2.18. The van der Waals surface area contributed by atoms with E-state index in [4.69, 9.17) is 5.14 Å². The first-order chi connectivity index (χ1) is 14.0. The minimum atomic E-state index is -4.18. The van der Waals surface area contributed by atoms with Crippen molar-refractivity contribution >= 4 is 19.9 Å². The molecule has 0 saturated heterocycles. The van der Waals surface area contributed by atoms with Gasteiger partial charge in [-0.3, -0.25) is 0 Å². The fourth-order valence-corrected chi connectivity index (χ4v) is 5.98. The second-order valence-corrected chi connectivity index (χ2v) is 10.5. The van der Waals surface area contributed by atoms with Gasteiger partial charge in [0.15, 0.2) is 0 Å². The molecule has 1 unspecified atom stereocenters. The van der Waals surface area contributed by atoms with Crippen molar-refractivity contribution in [2.24, 2.45) is 5.14 Å². The molecular formula is C22H23NO5S2. The van der Waals surface area contributed by atoms with Crippen LogP contribution in [-0.2, 0) is 26.3 Å². The second-order valence-electron chi connectivity index (χ2n) is 7.09. The van der Waals surface area contributed by atoms with Gasteiger partial charge in [-0.05, 0) is 54.3 Å². The number of rotatable bonds is 6. The Bertz CT molecular complexity index is 1270. The molecule has 0 aromatic heterocycles. The van der Waals surface area contributed by atoms with Crippen LogP contribution in [0.1, 0.15) is 28.4 Å². The van der Waals surface area contributed by atoms with Crippen molar-refractivity contribution in [1.29, 1.82) is 0 Å². The third-order valence-corrected chi connectivity index (χ3v) is 8.07. The van der Waals surface area contributed by atoms with E-state index < -0.39 is 26.0 Å². The number of nitrogens with two attached hydrogens (primary N) is 1. The lowest BCUT2D eigenvalue weighted by Gasteiger charge is -2.20. The minimum absolute atomic E-state index is 0.0440. The highest BCUT2D eigenvalue weighted by Gasteiger charge is 2.28. The summed E-state index contributed by atoms with van der Waals surface area (Å²) in [6.45, 7) is 3.18. The van der Waals surface area contributed by atoms with E-state index in [0.29, 0.717) is 22.3 Å². The number of sulfonamides is 1. The van der Waals surface area contributed by atoms with Crippen LogP contribution in [0.3, 0.4) is 0 Å². The molecule has 0 radical (unpaired) electrons. The number of hydrogen-bond donors (Lipinski definition) is 2. The maximum atomic E-state index is 13.3. The molecule has 0 heterocycles. The lowest BCUT2D eigenvalue weighted by molar-refractivity contribution is 0.178. The fourth-order valence-electron chi connectivity index (χ4n) is 3.51. The summed E-state index contributed by atoms with van der Waals surface area (Å²) in [5.74, 6) is 0. The number of sulfone groups is 1. The molecule has 158 valence electrons. The molecule has 8 heteroatoms. The summed E-state index contributed by atoms with van der Waals surface area (Å²) in [4.78, 5) is -0.358. The van der Waals surface area contributed by atoms with E-state index in [1.54, 1.807) is 56.3 Å². The van der Waals surface area contributed by atoms with Gasteiger partial charge < -0.3 is 5.11 Å². The first-order valence-corrected chi connectivity index (χ1v) is 12.3. The molecule has 30 heavy (non-hydrogen) atoms. The van der Waals surface area contributed by atoms with Crippen LogP contribution < -0.4 is 5.14 Å². The van der Waals surface area contributed by atoms with Crippen molar-refractivity contribution in [3.63, 3.8) is 0 Å². The van der Waals surface area contributed by atoms with Gasteiger partial charge in [-0.2, -0.15) is 0 Å². The van der Waals surface area contributed by atoms with E-state index in [-0.39, 0.29) is 21.1 Å². The van der Waals surface area contributed by atoms with Gasteiger partial charge in [0.2, 0.25) is 19.9 Å². The topological polar surface area (TPSA) is 115 Å². The van der Waals surface area contributed by atoms with Crippen LogP contribution in [0.25, 0.3) is 0 Å². The van der Waals surface area contributed by atoms with Crippen LogP contribution in [-0.4, -0.2) is 21.9 Å². The van der Waals surface area contributed by atoms with E-state index in [1.165, 1.54) is 12.1 Å². The Morgan fingerprint density at radius 1 is 0.833 bits per heavy atom. The number of primary sulfonamides is 1. The van der Waals surface area contributed by atoms with Crippen LogP contribution in [0.15, 0.2) is 81.4 Å². The largest absolute Gasteiger partial charge is 0.388 e. The molecule has 0 bridgehead atoms. The van der Waals surface area contributed by atoms with E-state index >= 15 is 0 Å². The molecule has 3 aromatic rings. The van der Waals surface area contributed by atoms with Crippen molar-refractivity contribution in [3.8, 4) is 0 Å². The Hall–Kier alpha value is -2.52. The summed E-state index contributed by atoms with van der Waals surface area (Å²) in [6, 6.07) is 17.8. The van der Waals surface area contributed by atoms with Crippen LogP contribution in [0.4, 0.5) is 0 Å². The summed E-state index contributed by atoms with van der Waals surface area (Å²) >= 11 is 0. The van der Waals surface area contributed by atoms with Crippen molar-refractivity contribution in [2.45, 2.75) is 41.1 Å². The molecule has 0 spiro atoms. The highest BCUT2D eigenvalue weighted by molar-refractivity contribution is 7.91. The van der Waals surface area contributed by atoms with Crippen LogP contribution in [0.5, 0.6) is 0 Å². The quantitative estimate of drug-likeness (QED) is 0.605. The van der Waals surface area contributed by atoms with E-state index in [1.807, 2.05) is 6.07 Å². The summed E-state index contributed by atoms with van der Waals surface area (Å²) in [6.07, 6.45) is -0.894. The molecule has 0 amide bonds. The van der Waals surface area contributed by atoms with Crippen molar-refractivity contribution in [3.05, 3.63) is 89.0 Å². The summed E-state index contributed by atoms with van der Waals surface area (Å²) in [7, 11) is -8.18. The number of hydrogen-bond acceptors (Lipinski definition) is 5. The Kier molecular flexibility index (Phi) is 6.14. The van der Waals surface area contributed by atoms with Gasteiger partial charge in [0, 0.05) is 6.42 Å². The fraction of sp³-hybridized carbons (Fsp3) is 0.182. The molecular weight excluding hydrogens is 422 g/mol. The third kappa shape index (κ3) is 4.32. The Morgan fingerprint density at radius 3 is 1.87 bits per heavy atom. The first-order valence-electron chi connectivity index (χ1n) is 9.22. The monoisotopic (exact) mass is 445 g/mol. The standard InChI is InChI=1S/C22H23NO5S2/c1-15-19(13-20(24)17-9-5-3-6-10-17)16(2)22(30(23,27)28)14-21(15)29(25,26)18-11-7-4-8-12-18/h3-12,14,20,24H,13H2,1-2H3,(H2,23,27,28). The smallest absolute Gasteiger partial charge is 0.238 e. The highest BCUT2D eigenvalue weighted by atomic mass is 32.2. The number of aliphatic hydroxyl groups is 1. The van der Waals surface area contributed by atoms with Gasteiger partial charge in [0.25, 0.3) is 0 Å². The van der Waals surface area contributed by atoms with Gasteiger partial charge in [-0.15, -0.1) is 0 Å². The molecule has 6 nitrogen and oxygen atoms in total. The average Bonchev–Trinajstić information content (AvgIpc) is 2.71. The van der Waals surface area contributed by atoms with Crippen LogP contribution >= 0.6 is 0 Å². The van der Waals surface area contributed by atoms with E-state index in [9.17, 15) is 21.9 Å². The van der Waals surface area contributed by atoms with E-state index in [0.717, 1.165) is 6.07 Å². The van der Waals surface area contributed by atoms with E-state index in [2.05, 4.69) is 0 Å². The Labute approximate surface area is 177 Å². The van der Waals surface area contributed by atoms with Gasteiger partial charge in [0.05, 0.1) is 20.8 Å². The third-order valence-electron chi connectivity index (χ3n) is 5.14. The maximum absolute atomic E-state index is 13.3. The van der Waals surface area contributed by atoms with Crippen molar-refractivity contribution in [2.75, 3.05) is 0 Å². The van der Waals surface area contributed by atoms with Gasteiger partial charge in [0.1, 0.15) is 0 Å². The number of benzene rings is 3. The van der Waals surface area contributed by atoms with Gasteiger partial charge >= 0.3 is 0 Å². The predicted octanol–water partition coefficient (Wildman–Crippen LogP) is 3.06. The Balaban J connectivity index is 2.24. The summed E-state index contributed by atoms with van der Waals surface area (Å²) in [5, 5.41) is 16.1. The second kappa shape index (κ2) is 8.31. The zero-order valence-corrected chi connectivity index (χ0v) is 18.2. The van der Waals surface area contributed by atoms with Crippen LogP contribution in [0.2, 0.25) is 0 Å². The predicted molar refractivity (Wildman–Crippen MR) is 114 cm³/mol. The SMILES string of the molecule is Cc1c(S(N)(=O)=O)cc(S(=O)(=O)c2ccccc2)c(C)c1CC(O)c1ccccc1. The van der Waals surface area contributed by atoms with Crippen molar-refractivity contribution < 1.29 is 21.9 Å². The molecule has 3 N–H and O–H groups in total. The zero-order valence-electron chi connectivity index (χ0n) is 16.6. The molecule has 3 aromatic carbocycles. The van der Waals surface area contributed by atoms with Gasteiger partial charge in [-0.1, -0.05) is 48.5 Å². The molecule has 0 saturated carbocycles. The van der Waals surface area contributed by atoms with Crippen molar-refractivity contribution in [1.82, 2.24) is 0 Å². The molecule has 0 aliphatic heterocycles. The molecule has 1 atom stereocenters. The Morgan fingerprint density at radius 2 is 1.33 bits per heavy atom. The molecule has 0 aliphatic carbocycles. The summed E-state index contributed by atoms with van der Waals surface area (Å²) in [5.41, 5.74) is 1.80. The normalized spacial score (nSPS) is 13.2. The number of aliphatic hydroxyl groups excluding tert-OH is 1. The zero-order chi connectivity index (χ0) is 22.1.